The van der Waals surface area contributed by atoms with Crippen molar-refractivity contribution < 1.29 is 9.21 Å². The van der Waals surface area contributed by atoms with Crippen molar-refractivity contribution in [2.75, 3.05) is 5.32 Å². The summed E-state index contributed by atoms with van der Waals surface area (Å²) in [5.41, 5.74) is 1.80. The quantitative estimate of drug-likeness (QED) is 0.645. The van der Waals surface area contributed by atoms with Gasteiger partial charge in [-0.3, -0.25) is 4.79 Å². The molecule has 0 atom stereocenters. The van der Waals surface area contributed by atoms with Crippen molar-refractivity contribution in [1.82, 2.24) is 4.98 Å². The third kappa shape index (κ3) is 4.55. The number of nitrogens with zero attached hydrogens (tertiary/aromatic N) is 1. The van der Waals surface area contributed by atoms with Crippen molar-refractivity contribution in [2.24, 2.45) is 0 Å². The molecule has 0 radical (unpaired) electrons. The number of hydrogen-bond acceptors (Lipinski definition) is 3. The SMILES string of the molecule is O=C(CCCc1ncc(-c2ccccc2)o1)Nc1ccc(Br)cc1. The van der Waals surface area contributed by atoms with E-state index in [2.05, 4.69) is 26.2 Å². The molecule has 0 saturated heterocycles. The number of benzene rings is 2. The molecule has 0 unspecified atom stereocenters. The van der Waals surface area contributed by atoms with E-state index in [0.717, 1.165) is 21.5 Å². The number of oxazole rings is 1. The average Bonchev–Trinajstić information content (AvgIpc) is 3.07. The Morgan fingerprint density at radius 1 is 1.08 bits per heavy atom. The molecule has 1 heterocycles. The normalized spacial score (nSPS) is 10.5. The van der Waals surface area contributed by atoms with Crippen LogP contribution < -0.4 is 5.32 Å². The molecular formula is C19H17BrN2O2. The van der Waals surface area contributed by atoms with E-state index in [1.807, 2.05) is 54.6 Å². The van der Waals surface area contributed by atoms with Gasteiger partial charge in [0.15, 0.2) is 11.7 Å². The molecule has 24 heavy (non-hydrogen) atoms. The van der Waals surface area contributed by atoms with Crippen molar-refractivity contribution in [1.29, 1.82) is 0 Å². The van der Waals surface area contributed by atoms with E-state index >= 15 is 0 Å². The highest BCUT2D eigenvalue weighted by atomic mass is 79.9. The number of rotatable bonds is 6. The van der Waals surface area contributed by atoms with Crippen LogP contribution in [0.15, 0.2) is 69.7 Å². The van der Waals surface area contributed by atoms with Gasteiger partial charge in [0, 0.05) is 28.6 Å². The van der Waals surface area contributed by atoms with Gasteiger partial charge in [-0.25, -0.2) is 4.98 Å². The topological polar surface area (TPSA) is 55.1 Å². The first-order valence-electron chi connectivity index (χ1n) is 7.76. The molecule has 0 aliphatic rings. The fourth-order valence-electron chi connectivity index (χ4n) is 2.32. The molecule has 3 rings (SSSR count). The second-order valence-electron chi connectivity index (χ2n) is 5.39. The summed E-state index contributed by atoms with van der Waals surface area (Å²) in [6.45, 7) is 0. The molecule has 1 aromatic heterocycles. The van der Waals surface area contributed by atoms with Gasteiger partial charge < -0.3 is 9.73 Å². The van der Waals surface area contributed by atoms with E-state index in [1.54, 1.807) is 6.20 Å². The molecule has 1 amide bonds. The Bertz CT molecular complexity index is 798. The molecule has 0 aliphatic heterocycles. The van der Waals surface area contributed by atoms with E-state index in [0.29, 0.717) is 25.2 Å². The first-order chi connectivity index (χ1) is 11.7. The Morgan fingerprint density at radius 3 is 2.58 bits per heavy atom. The zero-order chi connectivity index (χ0) is 16.8. The number of carbonyl (C=O) groups is 1. The summed E-state index contributed by atoms with van der Waals surface area (Å²) >= 11 is 3.37. The van der Waals surface area contributed by atoms with Crippen LogP contribution in [0, 0.1) is 0 Å². The minimum Gasteiger partial charge on any atom is -0.441 e. The average molecular weight is 385 g/mol. The number of carbonyl (C=O) groups excluding carboxylic acids is 1. The Kier molecular flexibility index (Phi) is 5.43. The number of aryl methyl sites for hydroxylation is 1. The van der Waals surface area contributed by atoms with Crippen LogP contribution in [0.1, 0.15) is 18.7 Å². The molecule has 4 nitrogen and oxygen atoms in total. The van der Waals surface area contributed by atoms with Crippen molar-refractivity contribution in [3.05, 3.63) is 71.2 Å². The maximum absolute atomic E-state index is 11.9. The Morgan fingerprint density at radius 2 is 1.83 bits per heavy atom. The summed E-state index contributed by atoms with van der Waals surface area (Å²) in [5, 5.41) is 2.88. The molecule has 2 aromatic carbocycles. The number of nitrogens with one attached hydrogen (secondary N) is 1. The van der Waals surface area contributed by atoms with Crippen LogP contribution in [0.3, 0.4) is 0 Å². The smallest absolute Gasteiger partial charge is 0.224 e. The number of anilines is 1. The predicted octanol–water partition coefficient (Wildman–Crippen LogP) is 5.07. The second kappa shape index (κ2) is 7.93. The van der Waals surface area contributed by atoms with Gasteiger partial charge in [0.05, 0.1) is 6.20 Å². The minimum absolute atomic E-state index is 0.00726. The third-order valence-corrected chi connectivity index (χ3v) is 4.06. The Balaban J connectivity index is 1.47. The van der Waals surface area contributed by atoms with Crippen LogP contribution in [-0.4, -0.2) is 10.9 Å². The van der Waals surface area contributed by atoms with Gasteiger partial charge in [0.1, 0.15) is 0 Å². The number of hydrogen-bond donors (Lipinski definition) is 1. The van der Waals surface area contributed by atoms with Crippen LogP contribution >= 0.6 is 15.9 Å². The zero-order valence-corrected chi connectivity index (χ0v) is 14.6. The largest absolute Gasteiger partial charge is 0.441 e. The molecule has 1 N–H and O–H groups in total. The monoisotopic (exact) mass is 384 g/mol. The van der Waals surface area contributed by atoms with Gasteiger partial charge in [0.25, 0.3) is 0 Å². The summed E-state index contributed by atoms with van der Waals surface area (Å²) in [6, 6.07) is 17.4. The first kappa shape index (κ1) is 16.5. The maximum Gasteiger partial charge on any atom is 0.224 e. The van der Waals surface area contributed by atoms with E-state index in [9.17, 15) is 4.79 Å². The van der Waals surface area contributed by atoms with Gasteiger partial charge in [-0.1, -0.05) is 46.3 Å². The van der Waals surface area contributed by atoms with E-state index in [4.69, 9.17) is 4.42 Å². The zero-order valence-electron chi connectivity index (χ0n) is 13.0. The fraction of sp³-hybridized carbons (Fsp3) is 0.158. The van der Waals surface area contributed by atoms with Crippen molar-refractivity contribution in [3.63, 3.8) is 0 Å². The molecule has 0 spiro atoms. The maximum atomic E-state index is 11.9. The molecule has 0 fully saturated rings. The third-order valence-electron chi connectivity index (χ3n) is 3.53. The highest BCUT2D eigenvalue weighted by Gasteiger charge is 2.08. The predicted molar refractivity (Wildman–Crippen MR) is 97.6 cm³/mol. The molecule has 0 aliphatic carbocycles. The summed E-state index contributed by atoms with van der Waals surface area (Å²) in [4.78, 5) is 16.2. The van der Waals surface area contributed by atoms with Crippen molar-refractivity contribution >= 4 is 27.5 Å². The van der Waals surface area contributed by atoms with E-state index in [-0.39, 0.29) is 5.91 Å². The lowest BCUT2D eigenvalue weighted by Gasteiger charge is -2.04. The Hall–Kier alpha value is -2.40. The lowest BCUT2D eigenvalue weighted by molar-refractivity contribution is -0.116. The van der Waals surface area contributed by atoms with Crippen LogP contribution in [0.4, 0.5) is 5.69 Å². The molecule has 122 valence electrons. The van der Waals surface area contributed by atoms with Gasteiger partial charge in [-0.15, -0.1) is 0 Å². The summed E-state index contributed by atoms with van der Waals surface area (Å²) in [7, 11) is 0. The first-order valence-corrected chi connectivity index (χ1v) is 8.55. The fourth-order valence-corrected chi connectivity index (χ4v) is 2.58. The van der Waals surface area contributed by atoms with Crippen LogP contribution in [0.2, 0.25) is 0 Å². The molecule has 0 saturated carbocycles. The summed E-state index contributed by atoms with van der Waals surface area (Å²) in [6.07, 6.45) is 3.49. The second-order valence-corrected chi connectivity index (χ2v) is 6.31. The highest BCUT2D eigenvalue weighted by molar-refractivity contribution is 9.10. The lowest BCUT2D eigenvalue weighted by Crippen LogP contribution is -2.11. The minimum atomic E-state index is -0.00726. The molecule has 5 heteroatoms. The van der Waals surface area contributed by atoms with Gasteiger partial charge >= 0.3 is 0 Å². The van der Waals surface area contributed by atoms with Crippen LogP contribution in [-0.2, 0) is 11.2 Å². The summed E-state index contributed by atoms with van der Waals surface area (Å²) in [5.74, 6) is 1.40. The van der Waals surface area contributed by atoms with E-state index < -0.39 is 0 Å². The van der Waals surface area contributed by atoms with Gasteiger partial charge in [-0.2, -0.15) is 0 Å². The number of aromatic nitrogens is 1. The van der Waals surface area contributed by atoms with Crippen LogP contribution in [0.25, 0.3) is 11.3 Å². The standard InChI is InChI=1S/C19H17BrN2O2/c20-15-9-11-16(12-10-15)22-18(23)7-4-8-19-21-13-17(24-19)14-5-2-1-3-6-14/h1-3,5-6,9-13H,4,7-8H2,(H,22,23). The number of amides is 1. The van der Waals surface area contributed by atoms with Crippen molar-refractivity contribution in [3.8, 4) is 11.3 Å². The number of halogens is 1. The molecule has 3 aromatic rings. The van der Waals surface area contributed by atoms with Gasteiger partial charge in [-0.05, 0) is 30.7 Å². The van der Waals surface area contributed by atoms with E-state index in [1.165, 1.54) is 0 Å². The highest BCUT2D eigenvalue weighted by Crippen LogP contribution is 2.20. The Labute approximate surface area is 149 Å². The molecular weight excluding hydrogens is 368 g/mol. The van der Waals surface area contributed by atoms with Gasteiger partial charge in [0.2, 0.25) is 5.91 Å². The molecule has 0 bridgehead atoms. The van der Waals surface area contributed by atoms with Crippen molar-refractivity contribution in [2.45, 2.75) is 19.3 Å². The lowest BCUT2D eigenvalue weighted by atomic mass is 10.2. The summed E-state index contributed by atoms with van der Waals surface area (Å²) < 4.78 is 6.72. The van der Waals surface area contributed by atoms with Crippen LogP contribution in [0.5, 0.6) is 0 Å².